The molecule has 1 N–H and O–H groups in total. The molecule has 0 aromatic carbocycles. The van der Waals surface area contributed by atoms with Crippen LogP contribution in [0.2, 0.25) is 0 Å². The van der Waals surface area contributed by atoms with E-state index in [2.05, 4.69) is 24.8 Å². The molecule has 0 amide bonds. The number of nitrogens with zero attached hydrogens (tertiary/aromatic N) is 6. The van der Waals surface area contributed by atoms with E-state index in [1.807, 2.05) is 11.0 Å². The zero-order valence-electron chi connectivity index (χ0n) is 13.1. The second kappa shape index (κ2) is 5.92. The van der Waals surface area contributed by atoms with E-state index < -0.39 is 0 Å². The van der Waals surface area contributed by atoms with Crippen molar-refractivity contribution < 1.29 is 0 Å². The number of rotatable bonds is 3. The molecule has 2 fully saturated rings. The molecule has 1 aliphatic heterocycles. The second-order valence-electron chi connectivity index (χ2n) is 6.10. The van der Waals surface area contributed by atoms with E-state index in [4.69, 9.17) is 5.26 Å². The van der Waals surface area contributed by atoms with Gasteiger partial charge >= 0.3 is 0 Å². The van der Waals surface area contributed by atoms with Crippen LogP contribution in [-0.4, -0.2) is 46.1 Å². The van der Waals surface area contributed by atoms with Gasteiger partial charge < -0.3 is 9.80 Å². The summed E-state index contributed by atoms with van der Waals surface area (Å²) >= 11 is 0. The lowest BCUT2D eigenvalue weighted by Gasteiger charge is -2.35. The number of nitriles is 1. The van der Waals surface area contributed by atoms with Gasteiger partial charge in [0.15, 0.2) is 0 Å². The van der Waals surface area contributed by atoms with E-state index >= 15 is 0 Å². The predicted octanol–water partition coefficient (Wildman–Crippen LogP) is 0.636. The fourth-order valence-electron chi connectivity index (χ4n) is 2.88. The van der Waals surface area contributed by atoms with Gasteiger partial charge in [0, 0.05) is 44.4 Å². The minimum absolute atomic E-state index is 0.0885. The minimum atomic E-state index is -0.0885. The van der Waals surface area contributed by atoms with E-state index in [0.717, 1.165) is 31.6 Å². The van der Waals surface area contributed by atoms with Crippen LogP contribution in [0.3, 0.4) is 0 Å². The Bertz CT molecular complexity index is 844. The Morgan fingerprint density at radius 1 is 1.17 bits per heavy atom. The molecule has 8 heteroatoms. The fourth-order valence-corrected chi connectivity index (χ4v) is 2.88. The van der Waals surface area contributed by atoms with Gasteiger partial charge in [0.2, 0.25) is 11.9 Å². The maximum Gasteiger partial charge on any atom is 0.252 e. The van der Waals surface area contributed by atoms with Crippen LogP contribution < -0.4 is 15.4 Å². The van der Waals surface area contributed by atoms with E-state index in [1.165, 1.54) is 0 Å². The third-order valence-electron chi connectivity index (χ3n) is 4.36. The molecule has 1 saturated heterocycles. The van der Waals surface area contributed by atoms with Crippen LogP contribution in [0.1, 0.15) is 30.1 Å². The molecule has 0 radical (unpaired) electrons. The standard InChI is InChI=1S/C16H17N7O/c17-10-12-3-4-18-15(19-12)22-5-7-23(8-6-22)16-20-13(11-1-2-11)9-14(24)21-16/h3-4,9,11H,1-2,5-8H2,(H,20,21,24). The molecule has 0 bridgehead atoms. The molecular formula is C16H17N7O. The molecule has 1 aliphatic carbocycles. The van der Waals surface area contributed by atoms with Crippen molar-refractivity contribution >= 4 is 11.9 Å². The maximum atomic E-state index is 11.9. The molecular weight excluding hydrogens is 306 g/mol. The summed E-state index contributed by atoms with van der Waals surface area (Å²) in [5.74, 6) is 1.67. The highest BCUT2D eigenvalue weighted by Crippen LogP contribution is 2.38. The number of anilines is 2. The highest BCUT2D eigenvalue weighted by Gasteiger charge is 2.27. The van der Waals surface area contributed by atoms with Crippen molar-refractivity contribution in [2.75, 3.05) is 36.0 Å². The molecule has 4 rings (SSSR count). The first-order valence-corrected chi connectivity index (χ1v) is 8.07. The SMILES string of the molecule is N#Cc1ccnc(N2CCN(c3nc(C4CC4)cc(=O)[nH]3)CC2)n1. The minimum Gasteiger partial charge on any atom is -0.339 e. The Labute approximate surface area is 138 Å². The Morgan fingerprint density at radius 2 is 1.92 bits per heavy atom. The molecule has 24 heavy (non-hydrogen) atoms. The summed E-state index contributed by atoms with van der Waals surface area (Å²) in [4.78, 5) is 31.9. The normalized spacial score (nSPS) is 17.6. The van der Waals surface area contributed by atoms with Crippen LogP contribution in [0.5, 0.6) is 0 Å². The topological polar surface area (TPSA) is 102 Å². The zero-order chi connectivity index (χ0) is 16.5. The molecule has 1 saturated carbocycles. The Kier molecular flexibility index (Phi) is 3.61. The average molecular weight is 323 g/mol. The lowest BCUT2D eigenvalue weighted by atomic mass is 10.3. The Balaban J connectivity index is 1.48. The second-order valence-corrected chi connectivity index (χ2v) is 6.10. The van der Waals surface area contributed by atoms with Crippen molar-refractivity contribution in [3.63, 3.8) is 0 Å². The van der Waals surface area contributed by atoms with E-state index in [-0.39, 0.29) is 5.56 Å². The third-order valence-corrected chi connectivity index (χ3v) is 4.36. The lowest BCUT2D eigenvalue weighted by molar-refractivity contribution is 0.625. The summed E-state index contributed by atoms with van der Waals surface area (Å²) in [5.41, 5.74) is 1.18. The number of nitrogens with one attached hydrogen (secondary N) is 1. The van der Waals surface area contributed by atoms with Gasteiger partial charge in [0.25, 0.3) is 5.56 Å². The van der Waals surface area contributed by atoms with Crippen LogP contribution >= 0.6 is 0 Å². The predicted molar refractivity (Wildman–Crippen MR) is 88.0 cm³/mol. The summed E-state index contributed by atoms with van der Waals surface area (Å²) in [7, 11) is 0. The zero-order valence-corrected chi connectivity index (χ0v) is 13.1. The van der Waals surface area contributed by atoms with E-state index in [0.29, 0.717) is 36.6 Å². The summed E-state index contributed by atoms with van der Waals surface area (Å²) in [6, 6.07) is 5.24. The van der Waals surface area contributed by atoms with Gasteiger partial charge in [-0.15, -0.1) is 0 Å². The lowest BCUT2D eigenvalue weighted by Crippen LogP contribution is -2.48. The van der Waals surface area contributed by atoms with Crippen LogP contribution in [0.4, 0.5) is 11.9 Å². The van der Waals surface area contributed by atoms with Gasteiger partial charge in [0.05, 0.1) is 5.69 Å². The summed E-state index contributed by atoms with van der Waals surface area (Å²) < 4.78 is 0. The van der Waals surface area contributed by atoms with Gasteiger partial charge in [-0.25, -0.2) is 15.0 Å². The first kappa shape index (κ1) is 14.6. The highest BCUT2D eigenvalue weighted by molar-refractivity contribution is 5.39. The quantitative estimate of drug-likeness (QED) is 0.884. The Morgan fingerprint density at radius 3 is 2.62 bits per heavy atom. The van der Waals surface area contributed by atoms with Gasteiger partial charge in [0.1, 0.15) is 11.8 Å². The summed E-state index contributed by atoms with van der Waals surface area (Å²) in [6.07, 6.45) is 3.85. The van der Waals surface area contributed by atoms with Crippen LogP contribution in [0.15, 0.2) is 23.1 Å². The number of aromatic amines is 1. The van der Waals surface area contributed by atoms with Gasteiger partial charge in [-0.1, -0.05) is 0 Å². The number of H-pyrrole nitrogens is 1. The van der Waals surface area contributed by atoms with E-state index in [9.17, 15) is 4.79 Å². The molecule has 122 valence electrons. The molecule has 2 aromatic rings. The number of hydrogen-bond acceptors (Lipinski definition) is 7. The van der Waals surface area contributed by atoms with Crippen molar-refractivity contribution in [2.24, 2.45) is 0 Å². The number of hydrogen-bond donors (Lipinski definition) is 1. The van der Waals surface area contributed by atoms with Crippen molar-refractivity contribution in [3.8, 4) is 6.07 Å². The molecule has 8 nitrogen and oxygen atoms in total. The molecule has 0 spiro atoms. The first-order chi connectivity index (χ1) is 11.7. The van der Waals surface area contributed by atoms with Crippen molar-refractivity contribution in [1.29, 1.82) is 5.26 Å². The molecule has 2 aromatic heterocycles. The molecule has 2 aliphatic rings. The van der Waals surface area contributed by atoms with Gasteiger partial charge in [-0.3, -0.25) is 9.78 Å². The average Bonchev–Trinajstić information content (AvgIpc) is 3.47. The smallest absolute Gasteiger partial charge is 0.252 e. The van der Waals surface area contributed by atoms with Crippen molar-refractivity contribution in [3.05, 3.63) is 40.1 Å². The number of aromatic nitrogens is 4. The monoisotopic (exact) mass is 323 g/mol. The first-order valence-electron chi connectivity index (χ1n) is 8.07. The largest absolute Gasteiger partial charge is 0.339 e. The molecule has 3 heterocycles. The summed E-state index contributed by atoms with van der Waals surface area (Å²) in [6.45, 7) is 2.87. The molecule has 0 unspecified atom stereocenters. The third kappa shape index (κ3) is 2.93. The molecule has 0 atom stereocenters. The summed E-state index contributed by atoms with van der Waals surface area (Å²) in [5, 5.41) is 8.94. The van der Waals surface area contributed by atoms with Crippen LogP contribution in [-0.2, 0) is 0 Å². The van der Waals surface area contributed by atoms with Crippen LogP contribution in [0.25, 0.3) is 0 Å². The van der Waals surface area contributed by atoms with Gasteiger partial charge in [-0.05, 0) is 18.9 Å². The highest BCUT2D eigenvalue weighted by atomic mass is 16.1. The van der Waals surface area contributed by atoms with Crippen LogP contribution in [0, 0.1) is 11.3 Å². The maximum absolute atomic E-state index is 11.9. The van der Waals surface area contributed by atoms with E-state index in [1.54, 1.807) is 18.3 Å². The Hall–Kier alpha value is -2.95. The van der Waals surface area contributed by atoms with Gasteiger partial charge in [-0.2, -0.15) is 5.26 Å². The van der Waals surface area contributed by atoms with Crippen molar-refractivity contribution in [1.82, 2.24) is 19.9 Å². The number of piperazine rings is 1. The van der Waals surface area contributed by atoms with Crippen molar-refractivity contribution in [2.45, 2.75) is 18.8 Å². The fraction of sp³-hybridized carbons (Fsp3) is 0.438.